The molecule has 1 aromatic rings. The molecule has 20 heavy (non-hydrogen) atoms. The van der Waals surface area contributed by atoms with Crippen LogP contribution in [-0.4, -0.2) is 48.1 Å². The van der Waals surface area contributed by atoms with Gasteiger partial charge in [0.1, 0.15) is 19.8 Å². The first kappa shape index (κ1) is 13.1. The molecule has 7 heteroatoms. The van der Waals surface area contributed by atoms with Gasteiger partial charge in [-0.25, -0.2) is 0 Å². The lowest BCUT2D eigenvalue weighted by Gasteiger charge is -2.19. The van der Waals surface area contributed by atoms with Crippen molar-refractivity contribution < 1.29 is 19.1 Å². The Morgan fingerprint density at radius 3 is 2.85 bits per heavy atom. The Bertz CT molecular complexity index is 549. The minimum absolute atomic E-state index is 0.00678. The van der Waals surface area contributed by atoms with Crippen LogP contribution in [0.3, 0.4) is 0 Å². The molecule has 3 rings (SSSR count). The molecule has 6 nitrogen and oxygen atoms in total. The predicted molar refractivity (Wildman–Crippen MR) is 75.1 cm³/mol. The van der Waals surface area contributed by atoms with E-state index in [9.17, 15) is 9.59 Å². The molecule has 0 atom stereocenters. The number of amides is 2. The molecule has 0 bridgehead atoms. The van der Waals surface area contributed by atoms with Crippen LogP contribution in [0.4, 0.5) is 5.69 Å². The van der Waals surface area contributed by atoms with Crippen LogP contribution in [0, 0.1) is 0 Å². The van der Waals surface area contributed by atoms with Crippen LogP contribution in [0.25, 0.3) is 0 Å². The second-order valence-corrected chi connectivity index (χ2v) is 5.43. The van der Waals surface area contributed by atoms with Crippen LogP contribution >= 0.6 is 11.8 Å². The third kappa shape index (κ3) is 2.82. The van der Waals surface area contributed by atoms with Crippen molar-refractivity contribution in [3.8, 4) is 11.5 Å². The van der Waals surface area contributed by atoms with Gasteiger partial charge in [-0.3, -0.25) is 9.59 Å². The lowest BCUT2D eigenvalue weighted by Crippen LogP contribution is -2.34. The van der Waals surface area contributed by atoms with E-state index in [0.717, 1.165) is 0 Å². The van der Waals surface area contributed by atoms with Gasteiger partial charge in [-0.05, 0) is 12.1 Å². The maximum atomic E-state index is 11.9. The number of hydrogen-bond acceptors (Lipinski definition) is 5. The van der Waals surface area contributed by atoms with Gasteiger partial charge in [0, 0.05) is 11.8 Å². The van der Waals surface area contributed by atoms with E-state index in [2.05, 4.69) is 5.32 Å². The van der Waals surface area contributed by atoms with Gasteiger partial charge in [0.05, 0.1) is 11.6 Å². The van der Waals surface area contributed by atoms with E-state index in [1.165, 1.54) is 16.7 Å². The number of hydrogen-bond donors (Lipinski definition) is 1. The highest BCUT2D eigenvalue weighted by atomic mass is 32.2. The lowest BCUT2D eigenvalue weighted by atomic mass is 10.2. The van der Waals surface area contributed by atoms with Crippen molar-refractivity contribution >= 4 is 29.3 Å². The summed E-state index contributed by atoms with van der Waals surface area (Å²) in [7, 11) is 0. The monoisotopic (exact) mass is 294 g/mol. The third-order valence-corrected chi connectivity index (χ3v) is 3.93. The number of ether oxygens (including phenoxy) is 2. The van der Waals surface area contributed by atoms with E-state index in [1.807, 2.05) is 0 Å². The number of nitrogens with zero attached hydrogens (tertiary/aromatic N) is 1. The van der Waals surface area contributed by atoms with Crippen molar-refractivity contribution in [1.29, 1.82) is 0 Å². The quantitative estimate of drug-likeness (QED) is 0.898. The zero-order valence-corrected chi connectivity index (χ0v) is 11.6. The molecule has 1 fully saturated rings. The minimum Gasteiger partial charge on any atom is -0.486 e. The molecule has 0 unspecified atom stereocenters. The summed E-state index contributed by atoms with van der Waals surface area (Å²) in [5.41, 5.74) is 0.638. The predicted octanol–water partition coefficient (Wildman–Crippen LogP) is 0.929. The molecule has 0 aromatic heterocycles. The molecule has 0 saturated carbocycles. The van der Waals surface area contributed by atoms with Crippen LogP contribution in [0.1, 0.15) is 0 Å². The molecule has 1 saturated heterocycles. The first-order chi connectivity index (χ1) is 9.72. The van der Waals surface area contributed by atoms with Crippen molar-refractivity contribution in [2.75, 3.05) is 36.7 Å². The van der Waals surface area contributed by atoms with E-state index >= 15 is 0 Å². The van der Waals surface area contributed by atoms with E-state index in [1.54, 1.807) is 18.2 Å². The Kier molecular flexibility index (Phi) is 3.68. The molecule has 1 aromatic carbocycles. The van der Waals surface area contributed by atoms with Gasteiger partial charge in [0.15, 0.2) is 11.5 Å². The Balaban J connectivity index is 1.62. The first-order valence-corrected chi connectivity index (χ1v) is 7.43. The summed E-state index contributed by atoms with van der Waals surface area (Å²) in [6, 6.07) is 5.25. The molecular formula is C13H14N2O4S. The molecule has 0 spiro atoms. The number of carbonyl (C=O) groups excluding carboxylic acids is 2. The van der Waals surface area contributed by atoms with Crippen molar-refractivity contribution in [1.82, 2.24) is 4.90 Å². The molecule has 0 radical (unpaired) electrons. The fourth-order valence-corrected chi connectivity index (χ4v) is 2.94. The summed E-state index contributed by atoms with van der Waals surface area (Å²) < 4.78 is 10.9. The Labute approximate surface area is 120 Å². The molecule has 0 aliphatic carbocycles. The summed E-state index contributed by atoms with van der Waals surface area (Å²) in [5.74, 6) is 2.14. The maximum Gasteiger partial charge on any atom is 0.244 e. The van der Waals surface area contributed by atoms with E-state index in [0.29, 0.717) is 42.0 Å². The average Bonchev–Trinajstić information content (AvgIpc) is 2.84. The van der Waals surface area contributed by atoms with E-state index in [4.69, 9.17) is 9.47 Å². The topological polar surface area (TPSA) is 67.9 Å². The summed E-state index contributed by atoms with van der Waals surface area (Å²) in [4.78, 5) is 24.9. The largest absolute Gasteiger partial charge is 0.486 e. The zero-order valence-electron chi connectivity index (χ0n) is 10.8. The summed E-state index contributed by atoms with van der Waals surface area (Å²) >= 11 is 1.52. The fourth-order valence-electron chi connectivity index (χ4n) is 2.04. The normalized spacial score (nSPS) is 17.2. The van der Waals surface area contributed by atoms with Gasteiger partial charge < -0.3 is 19.7 Å². The molecule has 2 aliphatic heterocycles. The molecule has 1 N–H and O–H groups in total. The fraction of sp³-hybridized carbons (Fsp3) is 0.385. The second-order valence-electron chi connectivity index (χ2n) is 4.48. The number of rotatable bonds is 3. The van der Waals surface area contributed by atoms with Crippen molar-refractivity contribution in [3.63, 3.8) is 0 Å². The number of benzene rings is 1. The molecule has 2 aliphatic rings. The summed E-state index contributed by atoms with van der Waals surface area (Å²) in [6.07, 6.45) is 0. The summed E-state index contributed by atoms with van der Waals surface area (Å²) in [6.45, 7) is 1.12. The van der Waals surface area contributed by atoms with Crippen LogP contribution in [0.15, 0.2) is 18.2 Å². The molecule has 106 valence electrons. The van der Waals surface area contributed by atoms with Crippen molar-refractivity contribution in [2.24, 2.45) is 0 Å². The van der Waals surface area contributed by atoms with Crippen molar-refractivity contribution in [3.05, 3.63) is 18.2 Å². The average molecular weight is 294 g/mol. The Morgan fingerprint density at radius 2 is 2.10 bits per heavy atom. The van der Waals surface area contributed by atoms with Gasteiger partial charge in [-0.2, -0.15) is 0 Å². The van der Waals surface area contributed by atoms with Gasteiger partial charge in [-0.1, -0.05) is 0 Å². The first-order valence-electron chi connectivity index (χ1n) is 6.27. The van der Waals surface area contributed by atoms with E-state index < -0.39 is 0 Å². The van der Waals surface area contributed by atoms with Gasteiger partial charge in [0.2, 0.25) is 11.8 Å². The van der Waals surface area contributed by atoms with Crippen LogP contribution in [0.2, 0.25) is 0 Å². The third-order valence-electron chi connectivity index (χ3n) is 2.99. The number of nitrogens with one attached hydrogen (secondary N) is 1. The van der Waals surface area contributed by atoms with Crippen LogP contribution < -0.4 is 14.8 Å². The Hall–Kier alpha value is -1.89. The minimum atomic E-state index is -0.211. The highest BCUT2D eigenvalue weighted by molar-refractivity contribution is 8.00. The molecular weight excluding hydrogens is 280 g/mol. The van der Waals surface area contributed by atoms with Gasteiger partial charge >= 0.3 is 0 Å². The number of anilines is 1. The zero-order chi connectivity index (χ0) is 13.9. The van der Waals surface area contributed by atoms with Crippen molar-refractivity contribution in [2.45, 2.75) is 0 Å². The second kappa shape index (κ2) is 5.62. The van der Waals surface area contributed by atoms with Gasteiger partial charge in [-0.15, -0.1) is 11.8 Å². The number of fused-ring (bicyclic) bond motifs is 1. The SMILES string of the molecule is O=C(CN1CSCC1=O)Nc1ccc2c(c1)OCCO2. The molecule has 2 heterocycles. The van der Waals surface area contributed by atoms with Crippen LogP contribution in [-0.2, 0) is 9.59 Å². The van der Waals surface area contributed by atoms with Crippen LogP contribution in [0.5, 0.6) is 11.5 Å². The maximum absolute atomic E-state index is 11.9. The molecule has 2 amide bonds. The van der Waals surface area contributed by atoms with Gasteiger partial charge in [0.25, 0.3) is 0 Å². The number of carbonyl (C=O) groups is 2. The highest BCUT2D eigenvalue weighted by Crippen LogP contribution is 2.32. The van der Waals surface area contributed by atoms with E-state index in [-0.39, 0.29) is 18.4 Å². The summed E-state index contributed by atoms with van der Waals surface area (Å²) in [5, 5.41) is 2.76. The smallest absolute Gasteiger partial charge is 0.244 e. The Morgan fingerprint density at radius 1 is 1.30 bits per heavy atom. The highest BCUT2D eigenvalue weighted by Gasteiger charge is 2.23. The standard InChI is InChI=1S/C13H14N2O4S/c16-12(6-15-8-20-7-13(15)17)14-9-1-2-10-11(5-9)19-4-3-18-10/h1-2,5H,3-4,6-8H2,(H,14,16). The lowest BCUT2D eigenvalue weighted by molar-refractivity contribution is -0.130. The number of thioether (sulfide) groups is 1.